The second-order valence-electron chi connectivity index (χ2n) is 6.04. The molecule has 1 heterocycles. The van der Waals surface area contributed by atoms with Crippen molar-refractivity contribution in [3.63, 3.8) is 0 Å². The average molecular weight is 378 g/mol. The van der Waals surface area contributed by atoms with Crippen LogP contribution in [0.1, 0.15) is 16.1 Å². The average Bonchev–Trinajstić information content (AvgIpc) is 2.72. The van der Waals surface area contributed by atoms with Gasteiger partial charge in [0.2, 0.25) is 5.95 Å². The highest BCUT2D eigenvalue weighted by molar-refractivity contribution is 6.03. The number of nitrogens with one attached hydrogen (secondary N) is 2. The molecule has 7 nitrogen and oxygen atoms in total. The lowest BCUT2D eigenvalue weighted by molar-refractivity contribution is 0.102. The third-order valence-electron chi connectivity index (χ3n) is 3.88. The molecule has 3 aromatic rings. The van der Waals surface area contributed by atoms with E-state index >= 15 is 0 Å². The van der Waals surface area contributed by atoms with E-state index in [1.54, 1.807) is 19.4 Å². The molecule has 0 aliphatic rings. The largest absolute Gasteiger partial charge is 0.497 e. The molecule has 0 fully saturated rings. The highest BCUT2D eigenvalue weighted by atomic mass is 16.5. The number of aryl methyl sites for hydroxylation is 1. The van der Waals surface area contributed by atoms with Gasteiger partial charge in [-0.3, -0.25) is 4.79 Å². The van der Waals surface area contributed by atoms with Crippen molar-refractivity contribution in [2.45, 2.75) is 6.92 Å². The topological polar surface area (TPSA) is 85.4 Å². The number of nitrogens with zero attached hydrogens (tertiary/aromatic N) is 2. The fourth-order valence-corrected chi connectivity index (χ4v) is 2.49. The first-order valence-corrected chi connectivity index (χ1v) is 8.86. The van der Waals surface area contributed by atoms with Crippen LogP contribution in [-0.2, 0) is 0 Å². The summed E-state index contributed by atoms with van der Waals surface area (Å²) in [5.41, 5.74) is 2.08. The Morgan fingerprint density at radius 2 is 1.86 bits per heavy atom. The van der Waals surface area contributed by atoms with Crippen molar-refractivity contribution in [2.75, 3.05) is 30.9 Å². The summed E-state index contributed by atoms with van der Waals surface area (Å²) in [5, 5.41) is 5.89. The Morgan fingerprint density at radius 1 is 1.07 bits per heavy atom. The highest BCUT2D eigenvalue weighted by Gasteiger charge is 2.09. The summed E-state index contributed by atoms with van der Waals surface area (Å²) in [7, 11) is 1.62. The predicted molar refractivity (Wildman–Crippen MR) is 108 cm³/mol. The summed E-state index contributed by atoms with van der Waals surface area (Å²) in [6.07, 6.45) is 1.55. The number of hydrogen-bond donors (Lipinski definition) is 2. The standard InChI is InChI=1S/C21H22N4O3/c1-15-4-3-5-16(14-15)24-20(26)19-10-11-22-21(25-19)23-12-13-28-18-8-6-17(27-2)7-9-18/h3-11,14H,12-13H2,1-2H3,(H,24,26)(H,22,23,25). The van der Waals surface area contributed by atoms with Crippen molar-refractivity contribution >= 4 is 17.5 Å². The maximum absolute atomic E-state index is 12.4. The lowest BCUT2D eigenvalue weighted by Crippen LogP contribution is -2.17. The van der Waals surface area contributed by atoms with Crippen LogP contribution in [0.3, 0.4) is 0 Å². The van der Waals surface area contributed by atoms with E-state index < -0.39 is 0 Å². The molecule has 1 aromatic heterocycles. The quantitative estimate of drug-likeness (QED) is 0.583. The number of rotatable bonds is 8. The summed E-state index contributed by atoms with van der Waals surface area (Å²) in [6.45, 7) is 2.89. The zero-order valence-electron chi connectivity index (χ0n) is 15.8. The molecule has 1 amide bonds. The van der Waals surface area contributed by atoms with E-state index in [-0.39, 0.29) is 11.6 Å². The number of methoxy groups -OCH3 is 1. The van der Waals surface area contributed by atoms with Crippen molar-refractivity contribution in [3.05, 3.63) is 72.1 Å². The number of hydrogen-bond acceptors (Lipinski definition) is 6. The maximum Gasteiger partial charge on any atom is 0.274 e. The predicted octanol–water partition coefficient (Wildman–Crippen LogP) is 3.54. The summed E-state index contributed by atoms with van der Waals surface area (Å²) >= 11 is 0. The molecule has 0 aliphatic heterocycles. The smallest absolute Gasteiger partial charge is 0.274 e. The van der Waals surface area contributed by atoms with Gasteiger partial charge in [0.05, 0.1) is 13.7 Å². The number of carbonyl (C=O) groups is 1. The molecule has 0 bridgehead atoms. The lowest BCUT2D eigenvalue weighted by atomic mass is 10.2. The number of ether oxygens (including phenoxy) is 2. The van der Waals surface area contributed by atoms with E-state index in [0.717, 1.165) is 22.7 Å². The minimum atomic E-state index is -0.287. The molecule has 0 radical (unpaired) electrons. The van der Waals surface area contributed by atoms with Crippen LogP contribution in [0.15, 0.2) is 60.8 Å². The summed E-state index contributed by atoms with van der Waals surface area (Å²) in [5.74, 6) is 1.61. The molecule has 0 aliphatic carbocycles. The Bertz CT molecular complexity index is 929. The van der Waals surface area contributed by atoms with Crippen LogP contribution in [0.4, 0.5) is 11.6 Å². The van der Waals surface area contributed by atoms with Gasteiger partial charge in [0.15, 0.2) is 0 Å². The maximum atomic E-state index is 12.4. The van der Waals surface area contributed by atoms with E-state index in [4.69, 9.17) is 9.47 Å². The minimum Gasteiger partial charge on any atom is -0.497 e. The molecule has 2 aromatic carbocycles. The van der Waals surface area contributed by atoms with Crippen LogP contribution >= 0.6 is 0 Å². The van der Waals surface area contributed by atoms with E-state index in [9.17, 15) is 4.79 Å². The van der Waals surface area contributed by atoms with Gasteiger partial charge in [0.25, 0.3) is 5.91 Å². The number of aromatic nitrogens is 2. The first-order chi connectivity index (χ1) is 13.6. The van der Waals surface area contributed by atoms with E-state index in [1.165, 1.54) is 0 Å². The van der Waals surface area contributed by atoms with Gasteiger partial charge in [0.1, 0.15) is 23.8 Å². The molecule has 0 saturated heterocycles. The third kappa shape index (κ3) is 5.44. The minimum absolute atomic E-state index is 0.287. The number of anilines is 2. The molecule has 2 N–H and O–H groups in total. The Balaban J connectivity index is 1.50. The Morgan fingerprint density at radius 3 is 2.61 bits per heavy atom. The molecule has 7 heteroatoms. The van der Waals surface area contributed by atoms with Crippen LogP contribution in [0.2, 0.25) is 0 Å². The van der Waals surface area contributed by atoms with Crippen molar-refractivity contribution in [3.8, 4) is 11.5 Å². The molecular formula is C21H22N4O3. The lowest BCUT2D eigenvalue weighted by Gasteiger charge is -2.09. The van der Waals surface area contributed by atoms with Gasteiger partial charge in [-0.2, -0.15) is 0 Å². The van der Waals surface area contributed by atoms with E-state index in [2.05, 4.69) is 20.6 Å². The first-order valence-electron chi connectivity index (χ1n) is 8.86. The van der Waals surface area contributed by atoms with Crippen LogP contribution < -0.4 is 20.1 Å². The van der Waals surface area contributed by atoms with E-state index in [1.807, 2.05) is 55.5 Å². The van der Waals surface area contributed by atoms with Gasteiger partial charge in [-0.05, 0) is 55.0 Å². The summed E-state index contributed by atoms with van der Waals surface area (Å²) in [4.78, 5) is 20.8. The van der Waals surface area contributed by atoms with Crippen LogP contribution in [-0.4, -0.2) is 36.1 Å². The van der Waals surface area contributed by atoms with Gasteiger partial charge < -0.3 is 20.1 Å². The first kappa shape index (κ1) is 19.2. The SMILES string of the molecule is COc1ccc(OCCNc2nccc(C(=O)Nc3cccc(C)c3)n2)cc1. The molecule has 28 heavy (non-hydrogen) atoms. The van der Waals surface area contributed by atoms with Gasteiger partial charge in [-0.25, -0.2) is 9.97 Å². The summed E-state index contributed by atoms with van der Waals surface area (Å²) < 4.78 is 10.8. The van der Waals surface area contributed by atoms with Gasteiger partial charge >= 0.3 is 0 Å². The Kier molecular flexibility index (Phi) is 6.41. The fraction of sp³-hybridized carbons (Fsp3) is 0.190. The zero-order valence-corrected chi connectivity index (χ0v) is 15.8. The number of benzene rings is 2. The number of amides is 1. The zero-order chi connectivity index (χ0) is 19.8. The highest BCUT2D eigenvalue weighted by Crippen LogP contribution is 2.17. The third-order valence-corrected chi connectivity index (χ3v) is 3.88. The van der Waals surface area contributed by atoms with E-state index in [0.29, 0.717) is 19.1 Å². The van der Waals surface area contributed by atoms with Gasteiger partial charge in [-0.1, -0.05) is 12.1 Å². The van der Waals surface area contributed by atoms with Crippen molar-refractivity contribution < 1.29 is 14.3 Å². The van der Waals surface area contributed by atoms with Gasteiger partial charge in [-0.15, -0.1) is 0 Å². The molecule has 0 spiro atoms. The molecule has 3 rings (SSSR count). The summed E-state index contributed by atoms with van der Waals surface area (Å²) in [6, 6.07) is 16.5. The fourth-order valence-electron chi connectivity index (χ4n) is 2.49. The van der Waals surface area contributed by atoms with Gasteiger partial charge in [0, 0.05) is 11.9 Å². The van der Waals surface area contributed by atoms with Crippen LogP contribution in [0.25, 0.3) is 0 Å². The van der Waals surface area contributed by atoms with Crippen molar-refractivity contribution in [2.24, 2.45) is 0 Å². The molecule has 0 unspecified atom stereocenters. The normalized spacial score (nSPS) is 10.2. The number of carbonyl (C=O) groups excluding carboxylic acids is 1. The van der Waals surface area contributed by atoms with Crippen molar-refractivity contribution in [1.82, 2.24) is 9.97 Å². The Hall–Kier alpha value is -3.61. The molecule has 0 atom stereocenters. The monoisotopic (exact) mass is 378 g/mol. The second-order valence-corrected chi connectivity index (χ2v) is 6.04. The second kappa shape index (κ2) is 9.36. The van der Waals surface area contributed by atoms with Crippen LogP contribution in [0.5, 0.6) is 11.5 Å². The Labute approximate surface area is 163 Å². The molecule has 0 saturated carbocycles. The van der Waals surface area contributed by atoms with Crippen molar-refractivity contribution in [1.29, 1.82) is 0 Å². The van der Waals surface area contributed by atoms with Crippen LogP contribution in [0, 0.1) is 6.92 Å². The molecule has 144 valence electrons. The molecular weight excluding hydrogens is 356 g/mol.